The molecule has 0 fully saturated rings. The molecular formula is C21H24N2O4S. The lowest BCUT2D eigenvalue weighted by Gasteiger charge is -2.12. The Balaban J connectivity index is 1.83. The number of amides is 3. The van der Waals surface area contributed by atoms with E-state index >= 15 is 0 Å². The van der Waals surface area contributed by atoms with E-state index in [1.807, 2.05) is 32.0 Å². The number of alkyl carbamates (subject to hydrolysis) is 1. The highest BCUT2D eigenvalue weighted by Crippen LogP contribution is 2.38. The van der Waals surface area contributed by atoms with Gasteiger partial charge in [0.1, 0.15) is 5.00 Å². The SMILES string of the molecule is COC(=O)NC(=O)c1c(NC(=O)Cc2ccc(C)c(C)c2)sc2c1CCCC2. The van der Waals surface area contributed by atoms with Gasteiger partial charge in [0, 0.05) is 4.88 Å². The van der Waals surface area contributed by atoms with Gasteiger partial charge in [0.25, 0.3) is 5.91 Å². The molecule has 148 valence electrons. The van der Waals surface area contributed by atoms with Gasteiger partial charge in [-0.2, -0.15) is 0 Å². The van der Waals surface area contributed by atoms with Gasteiger partial charge >= 0.3 is 6.09 Å². The van der Waals surface area contributed by atoms with Crippen molar-refractivity contribution < 1.29 is 19.1 Å². The molecule has 0 spiro atoms. The Labute approximate surface area is 168 Å². The van der Waals surface area contributed by atoms with Crippen LogP contribution in [-0.4, -0.2) is 25.0 Å². The van der Waals surface area contributed by atoms with Gasteiger partial charge in [0.2, 0.25) is 5.91 Å². The van der Waals surface area contributed by atoms with Crippen molar-refractivity contribution in [2.24, 2.45) is 0 Å². The molecule has 1 heterocycles. The number of methoxy groups -OCH3 is 1. The second-order valence-corrected chi connectivity index (χ2v) is 8.11. The maximum absolute atomic E-state index is 12.6. The maximum atomic E-state index is 12.6. The molecule has 3 amide bonds. The molecule has 2 N–H and O–H groups in total. The van der Waals surface area contributed by atoms with Crippen LogP contribution in [0.15, 0.2) is 18.2 Å². The first kappa shape index (κ1) is 20.1. The zero-order valence-corrected chi connectivity index (χ0v) is 17.1. The molecule has 1 aliphatic carbocycles. The number of nitrogens with one attached hydrogen (secondary N) is 2. The van der Waals surface area contributed by atoms with Crippen LogP contribution in [-0.2, 0) is 28.8 Å². The second-order valence-electron chi connectivity index (χ2n) is 7.00. The van der Waals surface area contributed by atoms with Gasteiger partial charge in [0.15, 0.2) is 0 Å². The molecule has 0 radical (unpaired) electrons. The molecule has 3 rings (SSSR count). The number of hydrogen-bond acceptors (Lipinski definition) is 5. The highest BCUT2D eigenvalue weighted by atomic mass is 32.1. The van der Waals surface area contributed by atoms with Crippen molar-refractivity contribution in [2.75, 3.05) is 12.4 Å². The van der Waals surface area contributed by atoms with E-state index in [0.29, 0.717) is 10.6 Å². The Bertz CT molecular complexity index is 933. The summed E-state index contributed by atoms with van der Waals surface area (Å²) in [5, 5.41) is 5.61. The number of fused-ring (bicyclic) bond motifs is 1. The van der Waals surface area contributed by atoms with Gasteiger partial charge in [-0.25, -0.2) is 4.79 Å². The third kappa shape index (κ3) is 4.42. The van der Waals surface area contributed by atoms with Crippen molar-refractivity contribution in [3.05, 3.63) is 50.9 Å². The number of carbonyl (C=O) groups is 3. The van der Waals surface area contributed by atoms with Gasteiger partial charge in [-0.05, 0) is 61.8 Å². The Morgan fingerprint density at radius 1 is 1.11 bits per heavy atom. The van der Waals surface area contributed by atoms with E-state index in [1.54, 1.807) is 0 Å². The van der Waals surface area contributed by atoms with Crippen LogP contribution >= 0.6 is 11.3 Å². The number of aryl methyl sites for hydroxylation is 3. The quantitative estimate of drug-likeness (QED) is 0.815. The van der Waals surface area contributed by atoms with Crippen LogP contribution in [0.25, 0.3) is 0 Å². The molecule has 0 saturated heterocycles. The molecule has 1 aliphatic rings. The molecule has 7 heteroatoms. The van der Waals surface area contributed by atoms with Crippen molar-refractivity contribution >= 4 is 34.2 Å². The fourth-order valence-corrected chi connectivity index (χ4v) is 4.67. The normalized spacial score (nSPS) is 12.8. The van der Waals surface area contributed by atoms with Crippen molar-refractivity contribution in [1.82, 2.24) is 5.32 Å². The monoisotopic (exact) mass is 400 g/mol. The number of ether oxygens (including phenoxy) is 1. The molecule has 1 aromatic carbocycles. The third-order valence-electron chi connectivity index (χ3n) is 4.99. The number of thiophene rings is 1. The summed E-state index contributed by atoms with van der Waals surface area (Å²) in [7, 11) is 1.21. The molecule has 0 aliphatic heterocycles. The van der Waals surface area contributed by atoms with E-state index in [1.165, 1.54) is 24.0 Å². The summed E-state index contributed by atoms with van der Waals surface area (Å²) in [5.41, 5.74) is 4.55. The van der Waals surface area contributed by atoms with E-state index in [4.69, 9.17) is 0 Å². The van der Waals surface area contributed by atoms with Gasteiger partial charge in [0.05, 0.1) is 19.1 Å². The molecule has 0 bridgehead atoms. The Morgan fingerprint density at radius 3 is 2.57 bits per heavy atom. The average Bonchev–Trinajstić information content (AvgIpc) is 3.02. The molecule has 0 unspecified atom stereocenters. The molecule has 6 nitrogen and oxygen atoms in total. The van der Waals surface area contributed by atoms with E-state index < -0.39 is 12.0 Å². The van der Waals surface area contributed by atoms with E-state index in [0.717, 1.165) is 47.3 Å². The molecule has 0 saturated carbocycles. The Hall–Kier alpha value is -2.67. The molecular weight excluding hydrogens is 376 g/mol. The lowest BCUT2D eigenvalue weighted by Crippen LogP contribution is -2.31. The largest absolute Gasteiger partial charge is 0.453 e. The summed E-state index contributed by atoms with van der Waals surface area (Å²) in [4.78, 5) is 37.8. The molecule has 0 atom stereocenters. The zero-order valence-electron chi connectivity index (χ0n) is 16.3. The van der Waals surface area contributed by atoms with Crippen LogP contribution in [0.2, 0.25) is 0 Å². The Morgan fingerprint density at radius 2 is 1.86 bits per heavy atom. The summed E-state index contributed by atoms with van der Waals surface area (Å²) >= 11 is 1.42. The third-order valence-corrected chi connectivity index (χ3v) is 6.20. The first-order valence-electron chi connectivity index (χ1n) is 9.29. The number of anilines is 1. The predicted molar refractivity (Wildman–Crippen MR) is 109 cm³/mol. The average molecular weight is 401 g/mol. The van der Waals surface area contributed by atoms with Gasteiger partial charge in [-0.1, -0.05) is 18.2 Å². The van der Waals surface area contributed by atoms with Crippen LogP contribution in [0.5, 0.6) is 0 Å². The Kier molecular flexibility index (Phi) is 6.14. The zero-order chi connectivity index (χ0) is 20.3. The predicted octanol–water partition coefficient (Wildman–Crippen LogP) is 3.92. The van der Waals surface area contributed by atoms with Gasteiger partial charge in [-0.15, -0.1) is 11.3 Å². The first-order valence-corrected chi connectivity index (χ1v) is 10.1. The molecule has 28 heavy (non-hydrogen) atoms. The van der Waals surface area contributed by atoms with Crippen molar-refractivity contribution in [1.29, 1.82) is 0 Å². The van der Waals surface area contributed by atoms with Gasteiger partial charge < -0.3 is 10.1 Å². The summed E-state index contributed by atoms with van der Waals surface area (Å²) in [6, 6.07) is 5.93. The summed E-state index contributed by atoms with van der Waals surface area (Å²) in [6.45, 7) is 4.04. The summed E-state index contributed by atoms with van der Waals surface area (Å²) in [5.74, 6) is -0.721. The van der Waals surface area contributed by atoms with E-state index in [9.17, 15) is 14.4 Å². The number of benzene rings is 1. The number of rotatable bonds is 4. The van der Waals surface area contributed by atoms with Gasteiger partial charge in [-0.3, -0.25) is 14.9 Å². The summed E-state index contributed by atoms with van der Waals surface area (Å²) in [6.07, 6.45) is 3.10. The smallest absolute Gasteiger partial charge is 0.413 e. The first-order chi connectivity index (χ1) is 13.4. The number of hydrogen-bond donors (Lipinski definition) is 2. The van der Waals surface area contributed by atoms with Crippen LogP contribution < -0.4 is 10.6 Å². The standard InChI is InChI=1S/C21H24N2O4S/c1-12-8-9-14(10-13(12)2)11-17(24)22-20-18(19(25)23-21(26)27-3)15-6-4-5-7-16(15)28-20/h8-10H,4-7,11H2,1-3H3,(H,22,24)(H,23,25,26). The second kappa shape index (κ2) is 8.56. The highest BCUT2D eigenvalue weighted by Gasteiger charge is 2.27. The minimum absolute atomic E-state index is 0.186. The van der Waals surface area contributed by atoms with Crippen LogP contribution in [0.1, 0.15) is 50.3 Å². The van der Waals surface area contributed by atoms with E-state index in [-0.39, 0.29) is 12.3 Å². The fraction of sp³-hybridized carbons (Fsp3) is 0.381. The van der Waals surface area contributed by atoms with Crippen LogP contribution in [0.3, 0.4) is 0 Å². The fourth-order valence-electron chi connectivity index (χ4n) is 3.37. The highest BCUT2D eigenvalue weighted by molar-refractivity contribution is 7.17. The van der Waals surface area contributed by atoms with Crippen molar-refractivity contribution in [3.63, 3.8) is 0 Å². The van der Waals surface area contributed by atoms with Crippen LogP contribution in [0.4, 0.5) is 9.80 Å². The number of imide groups is 1. The maximum Gasteiger partial charge on any atom is 0.413 e. The van der Waals surface area contributed by atoms with Crippen molar-refractivity contribution in [3.8, 4) is 0 Å². The van der Waals surface area contributed by atoms with E-state index in [2.05, 4.69) is 15.4 Å². The van der Waals surface area contributed by atoms with Crippen LogP contribution in [0, 0.1) is 13.8 Å². The topological polar surface area (TPSA) is 84.5 Å². The minimum Gasteiger partial charge on any atom is -0.453 e. The minimum atomic E-state index is -0.812. The molecule has 1 aromatic heterocycles. The van der Waals surface area contributed by atoms with Crippen molar-refractivity contribution in [2.45, 2.75) is 46.0 Å². The summed E-state index contributed by atoms with van der Waals surface area (Å²) < 4.78 is 4.53. The number of carbonyl (C=O) groups excluding carboxylic acids is 3. The lowest BCUT2D eigenvalue weighted by molar-refractivity contribution is -0.115. The molecule has 2 aromatic rings. The lowest BCUT2D eigenvalue weighted by atomic mass is 9.95.